The van der Waals surface area contributed by atoms with Gasteiger partial charge in [0.2, 0.25) is 5.91 Å². The van der Waals surface area contributed by atoms with Gasteiger partial charge in [0, 0.05) is 5.69 Å². The molecule has 2 N–H and O–H groups in total. The molecule has 1 aromatic carbocycles. The summed E-state index contributed by atoms with van der Waals surface area (Å²) < 4.78 is 0. The van der Waals surface area contributed by atoms with E-state index < -0.39 is 11.6 Å². The van der Waals surface area contributed by atoms with E-state index in [0.29, 0.717) is 12.3 Å². The van der Waals surface area contributed by atoms with Crippen LogP contribution in [0.2, 0.25) is 0 Å². The Morgan fingerprint density at radius 1 is 1.22 bits per heavy atom. The fraction of sp³-hybridized carbons (Fsp3) is 0.571. The Kier molecular flexibility index (Phi) is 6.29. The van der Waals surface area contributed by atoms with Gasteiger partial charge in [-0.3, -0.25) is 14.5 Å². The van der Waals surface area contributed by atoms with Crippen LogP contribution in [0.25, 0.3) is 0 Å². The minimum Gasteiger partial charge on any atom is -0.324 e. The first kappa shape index (κ1) is 20.9. The summed E-state index contributed by atoms with van der Waals surface area (Å²) in [5, 5.41) is 5.65. The molecule has 0 bridgehead atoms. The number of nitrogens with one attached hydrogen (secondary N) is 2. The molecule has 6 nitrogen and oxygen atoms in total. The summed E-state index contributed by atoms with van der Waals surface area (Å²) in [5.41, 5.74) is 1.80. The highest BCUT2D eigenvalue weighted by Crippen LogP contribution is 2.28. The molecule has 0 aromatic heterocycles. The number of imide groups is 1. The lowest BCUT2D eigenvalue weighted by Crippen LogP contribution is -2.44. The minimum absolute atomic E-state index is 0.247. The molecule has 6 heteroatoms. The normalized spacial score (nSPS) is 19.8. The van der Waals surface area contributed by atoms with Gasteiger partial charge in [0.25, 0.3) is 5.91 Å². The van der Waals surface area contributed by atoms with E-state index in [-0.39, 0.29) is 24.3 Å². The molecule has 1 aliphatic rings. The molecule has 1 atom stereocenters. The summed E-state index contributed by atoms with van der Waals surface area (Å²) in [6.07, 6.45) is 1.38. The standard InChI is InChI=1S/C21H31N3O3/c1-13(2)10-11-21(6)19(26)24(20(27)23-21)12-17(25)22-18-15(5)8-7-9-16(18)14(3)4/h7-9,13-14H,10-12H2,1-6H3,(H,22,25)(H,23,27)/t21-/m0/s1. The predicted molar refractivity (Wildman–Crippen MR) is 107 cm³/mol. The molecule has 1 aromatic rings. The van der Waals surface area contributed by atoms with Crippen molar-refractivity contribution < 1.29 is 14.4 Å². The summed E-state index contributed by atoms with van der Waals surface area (Å²) >= 11 is 0. The third-order valence-corrected chi connectivity index (χ3v) is 5.06. The van der Waals surface area contributed by atoms with Crippen molar-refractivity contribution in [3.8, 4) is 0 Å². The lowest BCUT2D eigenvalue weighted by molar-refractivity contribution is -0.133. The molecule has 0 spiro atoms. The Balaban J connectivity index is 2.11. The molecule has 0 unspecified atom stereocenters. The molecule has 1 fully saturated rings. The van der Waals surface area contributed by atoms with Gasteiger partial charge < -0.3 is 10.6 Å². The van der Waals surface area contributed by atoms with Crippen molar-refractivity contribution in [2.75, 3.05) is 11.9 Å². The number of carbonyl (C=O) groups is 3. The lowest BCUT2D eigenvalue weighted by Gasteiger charge is -2.22. The predicted octanol–water partition coefficient (Wildman–Crippen LogP) is 3.80. The first-order valence-corrected chi connectivity index (χ1v) is 9.58. The van der Waals surface area contributed by atoms with E-state index in [0.717, 1.165) is 28.1 Å². The SMILES string of the molecule is Cc1cccc(C(C)C)c1NC(=O)CN1C(=O)N[C@@](C)(CCC(C)C)C1=O. The number of nitrogens with zero attached hydrogens (tertiary/aromatic N) is 1. The molecule has 4 amide bonds. The van der Waals surface area contributed by atoms with E-state index >= 15 is 0 Å². The highest BCUT2D eigenvalue weighted by atomic mass is 16.2. The number of rotatable bonds is 7. The number of urea groups is 1. The number of hydrogen-bond acceptors (Lipinski definition) is 3. The molecule has 1 heterocycles. The van der Waals surface area contributed by atoms with Gasteiger partial charge in [0.05, 0.1) is 0 Å². The first-order valence-electron chi connectivity index (χ1n) is 9.58. The molecule has 0 aliphatic carbocycles. The van der Waals surface area contributed by atoms with Crippen molar-refractivity contribution in [3.63, 3.8) is 0 Å². The quantitative estimate of drug-likeness (QED) is 0.714. The number of aryl methyl sites for hydroxylation is 1. The highest BCUT2D eigenvalue weighted by molar-refractivity contribution is 6.10. The minimum atomic E-state index is -0.937. The van der Waals surface area contributed by atoms with Crippen molar-refractivity contribution in [2.45, 2.75) is 65.8 Å². The smallest absolute Gasteiger partial charge is 0.324 e. The van der Waals surface area contributed by atoms with E-state index in [2.05, 4.69) is 38.3 Å². The lowest BCUT2D eigenvalue weighted by atomic mass is 9.92. The van der Waals surface area contributed by atoms with Crippen molar-refractivity contribution in [3.05, 3.63) is 29.3 Å². The van der Waals surface area contributed by atoms with Crippen molar-refractivity contribution >= 4 is 23.5 Å². The molecular weight excluding hydrogens is 342 g/mol. The van der Waals surface area contributed by atoms with Crippen molar-refractivity contribution in [1.29, 1.82) is 0 Å². The third kappa shape index (κ3) is 4.67. The fourth-order valence-corrected chi connectivity index (χ4v) is 3.30. The summed E-state index contributed by atoms with van der Waals surface area (Å²) in [5.74, 6) is -0.0318. The number of hydrogen-bond donors (Lipinski definition) is 2. The first-order chi connectivity index (χ1) is 12.5. The molecular formula is C21H31N3O3. The Morgan fingerprint density at radius 3 is 2.48 bits per heavy atom. The summed E-state index contributed by atoms with van der Waals surface area (Å²) in [7, 11) is 0. The topological polar surface area (TPSA) is 78.5 Å². The number of benzene rings is 1. The van der Waals surface area contributed by atoms with Gasteiger partial charge in [-0.1, -0.05) is 45.9 Å². The Bertz CT molecular complexity index is 742. The number of anilines is 1. The van der Waals surface area contributed by atoms with E-state index in [1.807, 2.05) is 25.1 Å². The average molecular weight is 373 g/mol. The zero-order valence-corrected chi connectivity index (χ0v) is 17.2. The second-order valence-electron chi connectivity index (χ2n) is 8.33. The van der Waals surface area contributed by atoms with Gasteiger partial charge in [0.1, 0.15) is 12.1 Å². The van der Waals surface area contributed by atoms with Gasteiger partial charge in [-0.2, -0.15) is 0 Å². The maximum absolute atomic E-state index is 12.7. The van der Waals surface area contributed by atoms with E-state index in [1.165, 1.54) is 0 Å². The van der Waals surface area contributed by atoms with Crippen molar-refractivity contribution in [1.82, 2.24) is 10.2 Å². The molecule has 2 rings (SSSR count). The van der Waals surface area contributed by atoms with Crippen LogP contribution in [0.5, 0.6) is 0 Å². The largest absolute Gasteiger partial charge is 0.325 e. The van der Waals surface area contributed by atoms with Crippen LogP contribution >= 0.6 is 0 Å². The van der Waals surface area contributed by atoms with E-state index in [1.54, 1.807) is 6.92 Å². The van der Waals surface area contributed by atoms with E-state index in [9.17, 15) is 14.4 Å². The van der Waals surface area contributed by atoms with Gasteiger partial charge in [0.15, 0.2) is 0 Å². The van der Waals surface area contributed by atoms with Crippen LogP contribution in [0.15, 0.2) is 18.2 Å². The van der Waals surface area contributed by atoms with Crippen LogP contribution in [0, 0.1) is 12.8 Å². The average Bonchev–Trinajstić information content (AvgIpc) is 2.78. The second kappa shape index (κ2) is 8.11. The highest BCUT2D eigenvalue weighted by Gasteiger charge is 2.47. The summed E-state index contributed by atoms with van der Waals surface area (Å²) in [6.45, 7) is 11.6. The zero-order valence-electron chi connectivity index (χ0n) is 17.2. The zero-order chi connectivity index (χ0) is 20.4. The number of carbonyl (C=O) groups excluding carboxylic acids is 3. The monoisotopic (exact) mass is 373 g/mol. The molecule has 0 radical (unpaired) electrons. The Labute approximate surface area is 161 Å². The second-order valence-corrected chi connectivity index (χ2v) is 8.33. The van der Waals surface area contributed by atoms with Gasteiger partial charge in [-0.25, -0.2) is 4.79 Å². The summed E-state index contributed by atoms with van der Waals surface area (Å²) in [6, 6.07) is 5.36. The van der Waals surface area contributed by atoms with Crippen LogP contribution in [0.1, 0.15) is 64.5 Å². The van der Waals surface area contributed by atoms with Crippen LogP contribution in [0.4, 0.5) is 10.5 Å². The maximum Gasteiger partial charge on any atom is 0.325 e. The van der Waals surface area contributed by atoms with Crippen LogP contribution < -0.4 is 10.6 Å². The van der Waals surface area contributed by atoms with Gasteiger partial charge >= 0.3 is 6.03 Å². The fourth-order valence-electron chi connectivity index (χ4n) is 3.30. The molecule has 27 heavy (non-hydrogen) atoms. The van der Waals surface area contributed by atoms with Crippen LogP contribution in [-0.2, 0) is 9.59 Å². The number of para-hydroxylation sites is 1. The van der Waals surface area contributed by atoms with E-state index in [4.69, 9.17) is 0 Å². The molecule has 1 saturated heterocycles. The maximum atomic E-state index is 12.7. The number of amides is 4. The van der Waals surface area contributed by atoms with Gasteiger partial charge in [-0.05, 0) is 49.7 Å². The van der Waals surface area contributed by atoms with Crippen LogP contribution in [0.3, 0.4) is 0 Å². The Hall–Kier alpha value is -2.37. The molecule has 0 saturated carbocycles. The third-order valence-electron chi connectivity index (χ3n) is 5.06. The molecule has 148 valence electrons. The Morgan fingerprint density at radius 2 is 1.89 bits per heavy atom. The summed E-state index contributed by atoms with van der Waals surface area (Å²) in [4.78, 5) is 38.6. The van der Waals surface area contributed by atoms with Crippen molar-refractivity contribution in [2.24, 2.45) is 5.92 Å². The van der Waals surface area contributed by atoms with Gasteiger partial charge in [-0.15, -0.1) is 0 Å². The van der Waals surface area contributed by atoms with Crippen LogP contribution in [-0.4, -0.2) is 34.8 Å². The molecule has 1 aliphatic heterocycles.